The number of carbonyl (C=O) groups excluding carboxylic acids is 2. The summed E-state index contributed by atoms with van der Waals surface area (Å²) in [6, 6.07) is 7.65. The molecule has 0 bridgehead atoms. The zero-order valence-electron chi connectivity index (χ0n) is 11.3. The minimum absolute atomic E-state index is 0.0810. The normalized spacial score (nSPS) is 18.1. The zero-order chi connectivity index (χ0) is 14.3. The Morgan fingerprint density at radius 2 is 2.15 bits per heavy atom. The molecule has 5 nitrogen and oxygen atoms in total. The van der Waals surface area contributed by atoms with Gasteiger partial charge in [-0.3, -0.25) is 9.59 Å². The molecule has 1 aromatic carbocycles. The van der Waals surface area contributed by atoms with Crippen LogP contribution in [0.25, 0.3) is 10.1 Å². The van der Waals surface area contributed by atoms with Crippen LogP contribution in [0.4, 0.5) is 0 Å². The molecule has 2 aromatic rings. The van der Waals surface area contributed by atoms with Crippen LogP contribution in [0.15, 0.2) is 24.3 Å². The number of benzene rings is 1. The van der Waals surface area contributed by atoms with Gasteiger partial charge in [-0.25, -0.2) is 0 Å². The molecule has 6 heteroatoms. The number of piperazine rings is 1. The Hall–Kier alpha value is -1.95. The van der Waals surface area contributed by atoms with E-state index in [4.69, 9.17) is 0 Å². The summed E-state index contributed by atoms with van der Waals surface area (Å²) in [7, 11) is 0. The van der Waals surface area contributed by atoms with Gasteiger partial charge in [0.2, 0.25) is 5.91 Å². The molecule has 1 aromatic heterocycles. The van der Waals surface area contributed by atoms with Gasteiger partial charge in [-0.1, -0.05) is 18.2 Å². The summed E-state index contributed by atoms with van der Waals surface area (Å²) in [6.07, 6.45) is 0. The quantitative estimate of drug-likeness (QED) is 0.868. The van der Waals surface area contributed by atoms with Crippen LogP contribution in [0, 0.1) is 0 Å². The van der Waals surface area contributed by atoms with Gasteiger partial charge in [0.15, 0.2) is 0 Å². The predicted molar refractivity (Wildman–Crippen MR) is 77.7 cm³/mol. The Balaban J connectivity index is 2.01. The predicted octanol–water partition coefficient (Wildman–Crippen LogP) is 1.65. The molecule has 2 heterocycles. The van der Waals surface area contributed by atoms with Crippen LogP contribution in [0.1, 0.15) is 24.3 Å². The average Bonchev–Trinajstić information content (AvgIpc) is 2.85. The fourth-order valence-corrected chi connectivity index (χ4v) is 3.11. The van der Waals surface area contributed by atoms with E-state index >= 15 is 0 Å². The van der Waals surface area contributed by atoms with E-state index in [0.717, 1.165) is 10.1 Å². The topological polar surface area (TPSA) is 62.3 Å². The van der Waals surface area contributed by atoms with Crippen LogP contribution in [-0.2, 0) is 4.79 Å². The molecule has 0 radical (unpaired) electrons. The average molecular weight is 289 g/mol. The zero-order valence-corrected chi connectivity index (χ0v) is 12.2. The van der Waals surface area contributed by atoms with Crippen LogP contribution in [0.3, 0.4) is 0 Å². The van der Waals surface area contributed by atoms with Crippen LogP contribution in [0.2, 0.25) is 0 Å². The van der Waals surface area contributed by atoms with E-state index in [1.165, 1.54) is 11.5 Å². The Morgan fingerprint density at radius 3 is 2.95 bits per heavy atom. The van der Waals surface area contributed by atoms with E-state index in [9.17, 15) is 9.59 Å². The van der Waals surface area contributed by atoms with Crippen molar-refractivity contribution in [3.63, 3.8) is 0 Å². The second-order valence-electron chi connectivity index (χ2n) is 5.51. The van der Waals surface area contributed by atoms with Gasteiger partial charge < -0.3 is 10.2 Å². The van der Waals surface area contributed by atoms with Crippen molar-refractivity contribution in [3.8, 4) is 0 Å². The SMILES string of the molecule is CC1(C)CNC(=O)CN1C(=O)c1nsc2ccccc12. The van der Waals surface area contributed by atoms with Crippen LogP contribution in [-0.4, -0.2) is 39.7 Å². The second kappa shape index (κ2) is 4.56. The highest BCUT2D eigenvalue weighted by Crippen LogP contribution is 2.26. The van der Waals surface area contributed by atoms with Crippen molar-refractivity contribution in [2.24, 2.45) is 0 Å². The molecule has 0 saturated carbocycles. The van der Waals surface area contributed by atoms with Gasteiger partial charge in [-0.2, -0.15) is 4.37 Å². The molecule has 104 valence electrons. The second-order valence-corrected chi connectivity index (χ2v) is 6.31. The summed E-state index contributed by atoms with van der Waals surface area (Å²) in [4.78, 5) is 25.9. The first-order valence-electron chi connectivity index (χ1n) is 6.42. The Morgan fingerprint density at radius 1 is 1.40 bits per heavy atom. The Bertz CT molecular complexity index is 693. The molecule has 1 fully saturated rings. The molecule has 2 amide bonds. The fourth-order valence-electron chi connectivity index (χ4n) is 2.34. The number of nitrogens with zero attached hydrogens (tertiary/aromatic N) is 2. The van der Waals surface area contributed by atoms with Gasteiger partial charge in [-0.05, 0) is 31.4 Å². The maximum atomic E-state index is 12.7. The highest BCUT2D eigenvalue weighted by atomic mass is 32.1. The molecule has 1 N–H and O–H groups in total. The molecule has 1 saturated heterocycles. The number of hydrogen-bond donors (Lipinski definition) is 1. The van der Waals surface area contributed by atoms with Crippen LogP contribution >= 0.6 is 11.5 Å². The van der Waals surface area contributed by atoms with E-state index in [1.54, 1.807) is 4.90 Å². The Kier molecular flexibility index (Phi) is 2.97. The molecule has 3 rings (SSSR count). The highest BCUT2D eigenvalue weighted by molar-refractivity contribution is 7.13. The maximum Gasteiger partial charge on any atom is 0.275 e. The summed E-state index contributed by atoms with van der Waals surface area (Å²) in [5, 5.41) is 3.64. The minimum atomic E-state index is -0.407. The lowest BCUT2D eigenvalue weighted by Crippen LogP contribution is -2.62. The molecule has 20 heavy (non-hydrogen) atoms. The van der Waals surface area contributed by atoms with Crippen molar-refractivity contribution in [1.29, 1.82) is 0 Å². The monoisotopic (exact) mass is 289 g/mol. The van der Waals surface area contributed by atoms with Gasteiger partial charge in [0.1, 0.15) is 12.2 Å². The van der Waals surface area contributed by atoms with Gasteiger partial charge in [0.25, 0.3) is 5.91 Å². The lowest BCUT2D eigenvalue weighted by Gasteiger charge is -2.41. The lowest BCUT2D eigenvalue weighted by molar-refractivity contribution is -0.126. The third-order valence-corrected chi connectivity index (χ3v) is 4.40. The van der Waals surface area contributed by atoms with Gasteiger partial charge in [-0.15, -0.1) is 0 Å². The molecule has 0 atom stereocenters. The van der Waals surface area contributed by atoms with Gasteiger partial charge in [0.05, 0.1) is 10.2 Å². The largest absolute Gasteiger partial charge is 0.352 e. The van der Waals surface area contributed by atoms with Crippen molar-refractivity contribution in [2.45, 2.75) is 19.4 Å². The maximum absolute atomic E-state index is 12.7. The van der Waals surface area contributed by atoms with E-state index in [1.807, 2.05) is 38.1 Å². The highest BCUT2D eigenvalue weighted by Gasteiger charge is 2.38. The van der Waals surface area contributed by atoms with Crippen molar-refractivity contribution >= 4 is 33.4 Å². The molecule has 0 aliphatic carbocycles. The molecule has 0 spiro atoms. The first kappa shape index (κ1) is 13.1. The number of amides is 2. The molecule has 1 aliphatic rings. The number of aromatic nitrogens is 1. The summed E-state index contributed by atoms with van der Waals surface area (Å²) in [6.45, 7) is 4.43. The van der Waals surface area contributed by atoms with Crippen molar-refractivity contribution in [3.05, 3.63) is 30.0 Å². The van der Waals surface area contributed by atoms with Gasteiger partial charge in [0, 0.05) is 11.9 Å². The molecule has 0 unspecified atom stereocenters. The minimum Gasteiger partial charge on any atom is -0.352 e. The first-order chi connectivity index (χ1) is 9.49. The smallest absolute Gasteiger partial charge is 0.275 e. The third-order valence-electron chi connectivity index (χ3n) is 3.58. The van der Waals surface area contributed by atoms with Crippen LogP contribution < -0.4 is 5.32 Å². The number of fused-ring (bicyclic) bond motifs is 1. The summed E-state index contributed by atoms with van der Waals surface area (Å²) >= 11 is 1.31. The Labute approximate surface area is 120 Å². The lowest BCUT2D eigenvalue weighted by atomic mass is 9.99. The summed E-state index contributed by atoms with van der Waals surface area (Å²) in [5.41, 5.74) is 0.0313. The number of rotatable bonds is 1. The van der Waals surface area contributed by atoms with E-state index < -0.39 is 5.54 Å². The number of hydrogen-bond acceptors (Lipinski definition) is 4. The van der Waals surface area contributed by atoms with E-state index in [-0.39, 0.29) is 18.4 Å². The molecule has 1 aliphatic heterocycles. The molecular weight excluding hydrogens is 274 g/mol. The number of nitrogens with one attached hydrogen (secondary N) is 1. The van der Waals surface area contributed by atoms with Gasteiger partial charge >= 0.3 is 0 Å². The molecular formula is C14H15N3O2S. The van der Waals surface area contributed by atoms with E-state index in [0.29, 0.717) is 12.2 Å². The number of carbonyl (C=O) groups is 2. The summed E-state index contributed by atoms with van der Waals surface area (Å²) in [5.74, 6) is -0.306. The standard InChI is InChI=1S/C14H15N3O2S/c1-14(2)8-15-11(18)7-17(14)13(19)12-9-5-3-4-6-10(9)20-16-12/h3-6H,7-8H2,1-2H3,(H,15,18). The third kappa shape index (κ3) is 2.06. The van der Waals surface area contributed by atoms with Crippen molar-refractivity contribution < 1.29 is 9.59 Å². The van der Waals surface area contributed by atoms with Crippen LogP contribution in [0.5, 0.6) is 0 Å². The van der Waals surface area contributed by atoms with E-state index in [2.05, 4.69) is 9.69 Å². The first-order valence-corrected chi connectivity index (χ1v) is 7.19. The summed E-state index contributed by atoms with van der Waals surface area (Å²) < 4.78 is 5.26. The van der Waals surface area contributed by atoms with Crippen molar-refractivity contribution in [1.82, 2.24) is 14.6 Å². The fraction of sp³-hybridized carbons (Fsp3) is 0.357. The van der Waals surface area contributed by atoms with Crippen molar-refractivity contribution in [2.75, 3.05) is 13.1 Å².